The highest BCUT2D eigenvalue weighted by molar-refractivity contribution is 9.10. The van der Waals surface area contributed by atoms with E-state index in [1.54, 1.807) is 0 Å². The first-order valence-electron chi connectivity index (χ1n) is 6.91. The summed E-state index contributed by atoms with van der Waals surface area (Å²) in [6.45, 7) is 3.56. The maximum absolute atomic E-state index is 12.5. The standard InChI is InChI=1S/C16H20BrN3O/c1-4-20-11-13(17)9-15(20)16(21)18-14-8-6-5-7-12(14)10-19(2)3/h5-9,11H,4,10H2,1-3H3,(H,18,21). The number of nitrogens with one attached hydrogen (secondary N) is 1. The summed E-state index contributed by atoms with van der Waals surface area (Å²) in [4.78, 5) is 14.6. The first-order chi connectivity index (χ1) is 10.0. The summed E-state index contributed by atoms with van der Waals surface area (Å²) < 4.78 is 2.84. The van der Waals surface area contributed by atoms with Gasteiger partial charge in [0, 0.05) is 29.4 Å². The molecule has 0 aliphatic heterocycles. The smallest absolute Gasteiger partial charge is 0.272 e. The molecule has 2 rings (SSSR count). The number of benzene rings is 1. The molecule has 1 aromatic carbocycles. The number of para-hydroxylation sites is 1. The highest BCUT2D eigenvalue weighted by Gasteiger charge is 2.14. The minimum absolute atomic E-state index is 0.0891. The highest BCUT2D eigenvalue weighted by atomic mass is 79.9. The molecule has 0 atom stereocenters. The van der Waals surface area contributed by atoms with Gasteiger partial charge in [-0.25, -0.2) is 0 Å². The van der Waals surface area contributed by atoms with E-state index in [2.05, 4.69) is 26.1 Å². The van der Waals surface area contributed by atoms with Crippen molar-refractivity contribution in [2.45, 2.75) is 20.0 Å². The minimum Gasteiger partial charge on any atom is -0.343 e. The highest BCUT2D eigenvalue weighted by Crippen LogP contribution is 2.20. The molecule has 0 saturated heterocycles. The molecule has 0 aliphatic rings. The van der Waals surface area contributed by atoms with E-state index in [1.807, 2.05) is 62.1 Å². The SMILES string of the molecule is CCn1cc(Br)cc1C(=O)Nc1ccccc1CN(C)C. The van der Waals surface area contributed by atoms with E-state index in [0.29, 0.717) is 5.69 Å². The Morgan fingerprint density at radius 2 is 2.05 bits per heavy atom. The first-order valence-corrected chi connectivity index (χ1v) is 7.70. The van der Waals surface area contributed by atoms with Crippen LogP contribution in [0.15, 0.2) is 41.0 Å². The number of hydrogen-bond donors (Lipinski definition) is 1. The van der Waals surface area contributed by atoms with Gasteiger partial charge >= 0.3 is 0 Å². The van der Waals surface area contributed by atoms with E-state index in [9.17, 15) is 4.79 Å². The molecule has 0 saturated carbocycles. The zero-order valence-electron chi connectivity index (χ0n) is 12.6. The van der Waals surface area contributed by atoms with Crippen molar-refractivity contribution in [3.05, 3.63) is 52.3 Å². The Morgan fingerprint density at radius 3 is 2.71 bits per heavy atom. The predicted molar refractivity (Wildman–Crippen MR) is 89.6 cm³/mol. The van der Waals surface area contributed by atoms with Gasteiger partial charge in [-0.1, -0.05) is 18.2 Å². The molecule has 2 aromatic rings. The Labute approximate surface area is 133 Å². The van der Waals surface area contributed by atoms with Crippen LogP contribution in [0.2, 0.25) is 0 Å². The van der Waals surface area contributed by atoms with Crippen LogP contribution in [0.5, 0.6) is 0 Å². The lowest BCUT2D eigenvalue weighted by molar-refractivity contribution is 0.101. The summed E-state index contributed by atoms with van der Waals surface area (Å²) in [7, 11) is 4.02. The molecule has 1 heterocycles. The molecule has 4 nitrogen and oxygen atoms in total. The van der Waals surface area contributed by atoms with Gasteiger partial charge in [-0.2, -0.15) is 0 Å². The Morgan fingerprint density at radius 1 is 1.33 bits per heavy atom. The summed E-state index contributed by atoms with van der Waals surface area (Å²) in [5, 5.41) is 3.01. The molecule has 21 heavy (non-hydrogen) atoms. The van der Waals surface area contributed by atoms with E-state index in [4.69, 9.17) is 0 Å². The normalized spacial score (nSPS) is 10.9. The summed E-state index contributed by atoms with van der Waals surface area (Å²) in [5.74, 6) is -0.0891. The van der Waals surface area contributed by atoms with Gasteiger partial charge in [0.15, 0.2) is 0 Å². The molecular weight excluding hydrogens is 330 g/mol. The lowest BCUT2D eigenvalue weighted by atomic mass is 10.1. The average Bonchev–Trinajstić information content (AvgIpc) is 2.81. The fourth-order valence-corrected chi connectivity index (χ4v) is 2.70. The van der Waals surface area contributed by atoms with Crippen LogP contribution in [0.3, 0.4) is 0 Å². The van der Waals surface area contributed by atoms with Crippen LogP contribution in [0, 0.1) is 0 Å². The van der Waals surface area contributed by atoms with Gasteiger partial charge < -0.3 is 14.8 Å². The van der Waals surface area contributed by atoms with Crippen LogP contribution >= 0.6 is 15.9 Å². The van der Waals surface area contributed by atoms with Crippen molar-refractivity contribution >= 4 is 27.5 Å². The number of amides is 1. The fourth-order valence-electron chi connectivity index (χ4n) is 2.23. The number of carbonyl (C=O) groups excluding carboxylic acids is 1. The van der Waals surface area contributed by atoms with Crippen LogP contribution in [-0.2, 0) is 13.1 Å². The maximum atomic E-state index is 12.5. The number of halogens is 1. The van der Waals surface area contributed by atoms with Crippen LogP contribution in [-0.4, -0.2) is 29.5 Å². The summed E-state index contributed by atoms with van der Waals surface area (Å²) in [5.41, 5.74) is 2.62. The molecule has 5 heteroatoms. The van der Waals surface area contributed by atoms with Crippen molar-refractivity contribution < 1.29 is 4.79 Å². The molecule has 0 aliphatic carbocycles. The number of nitrogens with zero attached hydrogens (tertiary/aromatic N) is 2. The molecule has 0 spiro atoms. The van der Waals surface area contributed by atoms with Gasteiger partial charge in [-0.3, -0.25) is 4.79 Å². The Balaban J connectivity index is 2.23. The van der Waals surface area contributed by atoms with Crippen molar-refractivity contribution in [3.63, 3.8) is 0 Å². The van der Waals surface area contributed by atoms with Gasteiger partial charge in [0.25, 0.3) is 5.91 Å². The number of rotatable bonds is 5. The molecule has 0 fully saturated rings. The van der Waals surface area contributed by atoms with Gasteiger partial charge in [0.05, 0.1) is 0 Å². The molecule has 0 bridgehead atoms. The largest absolute Gasteiger partial charge is 0.343 e. The zero-order chi connectivity index (χ0) is 15.4. The number of aryl methyl sites for hydroxylation is 1. The minimum atomic E-state index is -0.0891. The molecule has 0 radical (unpaired) electrons. The van der Waals surface area contributed by atoms with Crippen molar-refractivity contribution in [2.24, 2.45) is 0 Å². The topological polar surface area (TPSA) is 37.3 Å². The van der Waals surface area contributed by atoms with Crippen molar-refractivity contribution in [1.29, 1.82) is 0 Å². The molecule has 0 unspecified atom stereocenters. The zero-order valence-corrected chi connectivity index (χ0v) is 14.1. The van der Waals surface area contributed by atoms with Crippen LogP contribution in [0.1, 0.15) is 23.0 Å². The number of anilines is 1. The van der Waals surface area contributed by atoms with Gasteiger partial charge in [0.1, 0.15) is 5.69 Å². The molecule has 112 valence electrons. The van der Waals surface area contributed by atoms with Crippen molar-refractivity contribution in [2.75, 3.05) is 19.4 Å². The van der Waals surface area contributed by atoms with Gasteiger partial charge in [-0.15, -0.1) is 0 Å². The third kappa shape index (κ3) is 3.95. The van der Waals surface area contributed by atoms with Gasteiger partial charge in [-0.05, 0) is 54.6 Å². The molecular formula is C16H20BrN3O. The maximum Gasteiger partial charge on any atom is 0.272 e. The molecule has 1 aromatic heterocycles. The average molecular weight is 350 g/mol. The quantitative estimate of drug-likeness (QED) is 0.895. The van der Waals surface area contributed by atoms with E-state index in [-0.39, 0.29) is 5.91 Å². The summed E-state index contributed by atoms with van der Waals surface area (Å²) in [6.07, 6.45) is 1.92. The first kappa shape index (κ1) is 15.8. The summed E-state index contributed by atoms with van der Waals surface area (Å²) in [6, 6.07) is 9.73. The molecule has 1 amide bonds. The van der Waals surface area contributed by atoms with E-state index < -0.39 is 0 Å². The monoisotopic (exact) mass is 349 g/mol. The number of carbonyl (C=O) groups is 1. The number of hydrogen-bond acceptors (Lipinski definition) is 2. The Bertz CT molecular complexity index is 634. The lowest BCUT2D eigenvalue weighted by Crippen LogP contribution is -2.19. The Hall–Kier alpha value is -1.59. The number of aromatic nitrogens is 1. The van der Waals surface area contributed by atoms with Crippen molar-refractivity contribution in [1.82, 2.24) is 9.47 Å². The second-order valence-electron chi connectivity index (χ2n) is 5.18. The van der Waals surface area contributed by atoms with Crippen LogP contribution < -0.4 is 5.32 Å². The van der Waals surface area contributed by atoms with Crippen LogP contribution in [0.25, 0.3) is 0 Å². The van der Waals surface area contributed by atoms with Crippen molar-refractivity contribution in [3.8, 4) is 0 Å². The van der Waals surface area contributed by atoms with Gasteiger partial charge in [0.2, 0.25) is 0 Å². The Kier molecular flexibility index (Phi) is 5.20. The van der Waals surface area contributed by atoms with E-state index >= 15 is 0 Å². The predicted octanol–water partition coefficient (Wildman–Crippen LogP) is 3.58. The van der Waals surface area contributed by atoms with E-state index in [0.717, 1.165) is 28.8 Å². The van der Waals surface area contributed by atoms with E-state index in [1.165, 1.54) is 0 Å². The second-order valence-corrected chi connectivity index (χ2v) is 6.09. The second kappa shape index (κ2) is 6.91. The lowest BCUT2D eigenvalue weighted by Gasteiger charge is -2.15. The third-order valence-corrected chi connectivity index (χ3v) is 3.62. The van der Waals surface area contributed by atoms with Crippen LogP contribution in [0.4, 0.5) is 5.69 Å². The third-order valence-electron chi connectivity index (χ3n) is 3.19. The fraction of sp³-hybridized carbons (Fsp3) is 0.312. The summed E-state index contributed by atoms with van der Waals surface area (Å²) >= 11 is 3.42. The molecule has 1 N–H and O–H groups in total.